The highest BCUT2D eigenvalue weighted by molar-refractivity contribution is 6.31. The van der Waals surface area contributed by atoms with Crippen LogP contribution in [-0.2, 0) is 5.72 Å². The maximum Gasteiger partial charge on any atom is 0.414 e. The Morgan fingerprint density at radius 2 is 1.92 bits per heavy atom. The lowest BCUT2D eigenvalue weighted by Crippen LogP contribution is -2.45. The Bertz CT molecular complexity index is 1560. The third kappa shape index (κ3) is 3.65. The van der Waals surface area contributed by atoms with Crippen molar-refractivity contribution >= 4 is 58.7 Å². The van der Waals surface area contributed by atoms with E-state index in [1.807, 2.05) is 0 Å². The topological polar surface area (TPSA) is 110 Å². The molecule has 2 heterocycles. The maximum absolute atomic E-state index is 15.1. The number of hydrogen-bond donors (Lipinski definition) is 3. The maximum atomic E-state index is 15.1. The highest BCUT2D eigenvalue weighted by Crippen LogP contribution is 2.46. The molecule has 8 nitrogen and oxygen atoms in total. The second-order valence-electron chi connectivity index (χ2n) is 8.96. The number of carbonyl (C=O) groups excluding carboxylic acids is 1. The summed E-state index contributed by atoms with van der Waals surface area (Å²) in [5, 5.41) is 21.7. The highest BCUT2D eigenvalue weighted by atomic mass is 35.5. The number of H-pyrrole nitrogens is 1. The van der Waals surface area contributed by atoms with Crippen LogP contribution in [0.5, 0.6) is 0 Å². The van der Waals surface area contributed by atoms with E-state index in [-0.39, 0.29) is 51.8 Å². The van der Waals surface area contributed by atoms with E-state index >= 15 is 4.39 Å². The van der Waals surface area contributed by atoms with E-state index < -0.39 is 23.5 Å². The van der Waals surface area contributed by atoms with Crippen molar-refractivity contribution in [2.24, 2.45) is 0 Å². The van der Waals surface area contributed by atoms with Crippen LogP contribution in [0, 0.1) is 5.82 Å². The van der Waals surface area contributed by atoms with Crippen molar-refractivity contribution in [3.05, 3.63) is 88.2 Å². The van der Waals surface area contributed by atoms with Crippen molar-refractivity contribution in [1.29, 1.82) is 0 Å². The Labute approximate surface area is 221 Å². The molecule has 190 valence electrons. The van der Waals surface area contributed by atoms with Crippen LogP contribution in [0.3, 0.4) is 0 Å². The molecule has 0 bridgehead atoms. The fourth-order valence-electron chi connectivity index (χ4n) is 4.99. The molecule has 6 rings (SSSR count). The van der Waals surface area contributed by atoms with Crippen LogP contribution in [0.1, 0.15) is 40.7 Å². The number of anilines is 2. The molecule has 1 saturated carbocycles. The highest BCUT2D eigenvalue weighted by Gasteiger charge is 2.51. The van der Waals surface area contributed by atoms with Gasteiger partial charge in [0.25, 0.3) is 5.91 Å². The summed E-state index contributed by atoms with van der Waals surface area (Å²) in [6, 6.07) is 15.4. The number of carboxylic acid groups (broad SMARTS) is 1. The smallest absolute Gasteiger partial charge is 0.414 e. The number of hydrogen-bond acceptors (Lipinski definition) is 4. The van der Waals surface area contributed by atoms with Crippen molar-refractivity contribution < 1.29 is 24.2 Å². The van der Waals surface area contributed by atoms with E-state index in [1.165, 1.54) is 23.1 Å². The van der Waals surface area contributed by atoms with Crippen LogP contribution < -0.4 is 9.80 Å². The SMILES string of the molecule is Cl.O=C(O)N(c1nc2ccc(C3(O)c4ccccc4C(=O)N3c3cccc(Cl)c3F)cc2[nH]1)C1CCC1. The number of aromatic nitrogens is 2. The first-order valence-corrected chi connectivity index (χ1v) is 11.8. The van der Waals surface area contributed by atoms with Crippen molar-refractivity contribution in [3.63, 3.8) is 0 Å². The first kappa shape index (κ1) is 25.0. The Kier molecular flexibility index (Phi) is 6.10. The number of nitrogens with one attached hydrogen (secondary N) is 1. The zero-order valence-corrected chi connectivity index (χ0v) is 20.8. The molecule has 1 unspecified atom stereocenters. The number of nitrogens with zero attached hydrogens (tertiary/aromatic N) is 3. The number of halogens is 3. The Morgan fingerprint density at radius 1 is 1.16 bits per heavy atom. The molecule has 3 N–H and O–H groups in total. The lowest BCUT2D eigenvalue weighted by molar-refractivity contribution is 0.0699. The van der Waals surface area contributed by atoms with Crippen LogP contribution in [0.15, 0.2) is 60.7 Å². The van der Waals surface area contributed by atoms with Crippen LogP contribution in [-0.4, -0.2) is 38.2 Å². The normalized spacial score (nSPS) is 18.9. The summed E-state index contributed by atoms with van der Waals surface area (Å²) in [6.07, 6.45) is 1.37. The van der Waals surface area contributed by atoms with Gasteiger partial charge in [-0.3, -0.25) is 9.69 Å². The summed E-state index contributed by atoms with van der Waals surface area (Å²) >= 11 is 6.01. The van der Waals surface area contributed by atoms with Gasteiger partial charge < -0.3 is 15.2 Å². The average Bonchev–Trinajstić information content (AvgIpc) is 3.35. The lowest BCUT2D eigenvalue weighted by Gasteiger charge is -2.35. The van der Waals surface area contributed by atoms with E-state index in [4.69, 9.17) is 11.6 Å². The molecule has 11 heteroatoms. The number of carbonyl (C=O) groups is 2. The number of rotatable bonds is 4. The van der Waals surface area contributed by atoms with Gasteiger partial charge in [-0.1, -0.05) is 41.9 Å². The second-order valence-corrected chi connectivity index (χ2v) is 9.37. The van der Waals surface area contributed by atoms with Crippen molar-refractivity contribution in [1.82, 2.24) is 9.97 Å². The van der Waals surface area contributed by atoms with E-state index in [2.05, 4.69) is 9.97 Å². The van der Waals surface area contributed by atoms with Crippen LogP contribution in [0.2, 0.25) is 5.02 Å². The summed E-state index contributed by atoms with van der Waals surface area (Å²) in [7, 11) is 0. The van der Waals surface area contributed by atoms with E-state index in [0.29, 0.717) is 11.0 Å². The van der Waals surface area contributed by atoms with Crippen molar-refractivity contribution in [2.45, 2.75) is 31.0 Å². The molecule has 1 aromatic heterocycles. The molecule has 0 saturated heterocycles. The predicted molar refractivity (Wildman–Crippen MR) is 139 cm³/mol. The van der Waals surface area contributed by atoms with Gasteiger partial charge in [0.2, 0.25) is 5.95 Å². The molecule has 1 aliphatic carbocycles. The zero-order valence-electron chi connectivity index (χ0n) is 19.2. The fourth-order valence-corrected chi connectivity index (χ4v) is 5.16. The number of benzene rings is 3. The van der Waals surface area contributed by atoms with Crippen molar-refractivity contribution in [3.8, 4) is 0 Å². The molecule has 2 aliphatic rings. The number of imidazole rings is 1. The summed E-state index contributed by atoms with van der Waals surface area (Å²) in [5.41, 5.74) is -0.487. The fraction of sp³-hybridized carbons (Fsp3) is 0.192. The molecule has 37 heavy (non-hydrogen) atoms. The molecule has 1 fully saturated rings. The summed E-state index contributed by atoms with van der Waals surface area (Å²) in [6.45, 7) is 0. The van der Waals surface area contributed by atoms with Crippen LogP contribution in [0.25, 0.3) is 11.0 Å². The van der Waals surface area contributed by atoms with Gasteiger partial charge in [-0.2, -0.15) is 0 Å². The number of amides is 2. The molecule has 0 radical (unpaired) electrons. The Hall–Kier alpha value is -3.66. The molecule has 2 amide bonds. The largest absolute Gasteiger partial charge is 0.465 e. The van der Waals surface area contributed by atoms with Gasteiger partial charge in [-0.15, -0.1) is 12.4 Å². The van der Waals surface area contributed by atoms with Gasteiger partial charge in [0.05, 0.1) is 21.7 Å². The molecular weight excluding hydrogens is 522 g/mol. The minimum Gasteiger partial charge on any atom is -0.465 e. The third-order valence-electron chi connectivity index (χ3n) is 6.98. The Morgan fingerprint density at radius 3 is 2.62 bits per heavy atom. The van der Waals surface area contributed by atoms with Gasteiger partial charge in [-0.25, -0.2) is 19.1 Å². The van der Waals surface area contributed by atoms with Gasteiger partial charge in [0.15, 0.2) is 11.5 Å². The van der Waals surface area contributed by atoms with Gasteiger partial charge in [0.1, 0.15) is 0 Å². The molecule has 0 spiro atoms. The molecule has 1 atom stereocenters. The zero-order chi connectivity index (χ0) is 25.2. The van der Waals surface area contributed by atoms with E-state index in [9.17, 15) is 19.8 Å². The first-order chi connectivity index (χ1) is 17.3. The standard InChI is InChI=1S/C26H20ClFN4O4.ClH/c27-18-9-4-10-21(22(18)28)32-23(33)16-7-1-2-8-17(16)26(32,36)14-11-12-19-20(13-14)30-24(29-19)31(25(34)35)15-5-3-6-15;/h1-2,4,7-13,15,36H,3,5-6H2,(H,29,30)(H,34,35);1H. The number of aliphatic hydroxyl groups is 1. The number of aromatic amines is 1. The van der Waals surface area contributed by atoms with Crippen molar-refractivity contribution in [2.75, 3.05) is 9.80 Å². The van der Waals surface area contributed by atoms with Gasteiger partial charge in [0, 0.05) is 22.7 Å². The summed E-state index contributed by atoms with van der Waals surface area (Å²) in [4.78, 5) is 35.1. The van der Waals surface area contributed by atoms with E-state index in [1.54, 1.807) is 42.5 Å². The molecular formula is C26H21Cl2FN4O4. The minimum atomic E-state index is -2.06. The average molecular weight is 543 g/mol. The molecule has 1 aliphatic heterocycles. The predicted octanol–water partition coefficient (Wildman–Crippen LogP) is 5.67. The number of fused-ring (bicyclic) bond motifs is 2. The summed E-state index contributed by atoms with van der Waals surface area (Å²) < 4.78 is 15.1. The van der Waals surface area contributed by atoms with Crippen LogP contribution >= 0.6 is 24.0 Å². The minimum absolute atomic E-state index is 0. The quantitative estimate of drug-likeness (QED) is 0.308. The molecule has 3 aromatic carbocycles. The summed E-state index contributed by atoms with van der Waals surface area (Å²) in [5.74, 6) is -1.23. The van der Waals surface area contributed by atoms with Gasteiger partial charge >= 0.3 is 6.09 Å². The Balaban J connectivity index is 0.00000280. The van der Waals surface area contributed by atoms with Gasteiger partial charge in [-0.05, 0) is 49.6 Å². The lowest BCUT2D eigenvalue weighted by atomic mass is 9.92. The van der Waals surface area contributed by atoms with Crippen LogP contribution in [0.4, 0.5) is 20.8 Å². The monoisotopic (exact) mass is 542 g/mol. The first-order valence-electron chi connectivity index (χ1n) is 11.4. The molecule has 4 aromatic rings. The third-order valence-corrected chi connectivity index (χ3v) is 7.27. The van der Waals surface area contributed by atoms with E-state index in [0.717, 1.165) is 24.2 Å². The second kappa shape index (κ2) is 9.02.